The molecule has 1 amide bonds. The van der Waals surface area contributed by atoms with Gasteiger partial charge in [0, 0.05) is 29.2 Å². The topological polar surface area (TPSA) is 58.4 Å². The third kappa shape index (κ3) is 4.36. The van der Waals surface area contributed by atoms with Gasteiger partial charge in [0.1, 0.15) is 0 Å². The largest absolute Gasteiger partial charge is 0.416 e. The normalized spacial score (nSPS) is 16.1. The van der Waals surface area contributed by atoms with Crippen LogP contribution in [0.15, 0.2) is 55.1 Å². The summed E-state index contributed by atoms with van der Waals surface area (Å²) in [6.45, 7) is 3.86. The van der Waals surface area contributed by atoms with Crippen LogP contribution in [-0.2, 0) is 17.4 Å². The first kappa shape index (κ1) is 20.6. The van der Waals surface area contributed by atoms with E-state index < -0.39 is 11.7 Å². The van der Waals surface area contributed by atoms with Gasteiger partial charge in [-0.2, -0.15) is 13.2 Å². The van der Waals surface area contributed by atoms with E-state index in [-0.39, 0.29) is 24.4 Å². The maximum Gasteiger partial charge on any atom is 0.416 e. The Balaban J connectivity index is 0.00000261. The molecule has 0 fully saturated rings. The van der Waals surface area contributed by atoms with Crippen LogP contribution >= 0.6 is 12.4 Å². The van der Waals surface area contributed by atoms with Gasteiger partial charge in [0.15, 0.2) is 0 Å². The summed E-state index contributed by atoms with van der Waals surface area (Å²) in [6.07, 6.45) is -2.66. The van der Waals surface area contributed by atoms with Gasteiger partial charge < -0.3 is 16.0 Å². The third-order valence-electron chi connectivity index (χ3n) is 4.37. The van der Waals surface area contributed by atoms with Crippen LogP contribution in [0.2, 0.25) is 0 Å². The number of nitrogens with zero attached hydrogens (tertiary/aromatic N) is 1. The van der Waals surface area contributed by atoms with Crippen LogP contribution in [0.4, 0.5) is 30.2 Å². The number of benzene rings is 2. The minimum Gasteiger partial charge on any atom is -0.398 e. The molecule has 1 aliphatic rings. The van der Waals surface area contributed by atoms with Crippen molar-refractivity contribution in [2.24, 2.45) is 0 Å². The highest BCUT2D eigenvalue weighted by atomic mass is 35.5. The molecule has 0 bridgehead atoms. The van der Waals surface area contributed by atoms with Crippen molar-refractivity contribution in [2.75, 3.05) is 17.2 Å². The number of nitrogens with one attached hydrogen (secondary N) is 1. The summed E-state index contributed by atoms with van der Waals surface area (Å²) in [7, 11) is 0. The molecule has 1 aliphatic heterocycles. The maximum atomic E-state index is 12.8. The number of carbonyl (C=O) groups is 1. The van der Waals surface area contributed by atoms with Crippen molar-refractivity contribution in [3.8, 4) is 0 Å². The predicted molar refractivity (Wildman–Crippen MR) is 102 cm³/mol. The number of halogens is 4. The molecule has 3 N–H and O–H groups in total. The number of anilines is 3. The van der Waals surface area contributed by atoms with Gasteiger partial charge in [-0.3, -0.25) is 4.79 Å². The molecule has 144 valence electrons. The molecular formula is C19H19ClF3N3O. The van der Waals surface area contributed by atoms with Gasteiger partial charge in [-0.15, -0.1) is 12.4 Å². The molecule has 0 saturated carbocycles. The fraction of sp³-hybridized carbons (Fsp3) is 0.211. The van der Waals surface area contributed by atoms with Crippen molar-refractivity contribution in [1.29, 1.82) is 0 Å². The summed E-state index contributed by atoms with van der Waals surface area (Å²) >= 11 is 0. The SMILES string of the molecule is C=CC(=O)NC1Cc2c(N)cccc2N(c2ccc(C(F)(F)F)cc2)C1.Cl. The first-order chi connectivity index (χ1) is 12.3. The maximum absolute atomic E-state index is 12.8. The van der Waals surface area contributed by atoms with E-state index in [1.807, 2.05) is 11.0 Å². The molecule has 1 heterocycles. The van der Waals surface area contributed by atoms with Crippen LogP contribution in [0, 0.1) is 0 Å². The molecular weight excluding hydrogens is 379 g/mol. The minimum absolute atomic E-state index is 0. The molecule has 4 nitrogen and oxygen atoms in total. The van der Waals surface area contributed by atoms with Crippen LogP contribution in [0.25, 0.3) is 0 Å². The lowest BCUT2D eigenvalue weighted by Gasteiger charge is -2.37. The van der Waals surface area contributed by atoms with Gasteiger partial charge >= 0.3 is 6.18 Å². The first-order valence-electron chi connectivity index (χ1n) is 8.04. The quantitative estimate of drug-likeness (QED) is 0.606. The van der Waals surface area contributed by atoms with Crippen LogP contribution in [-0.4, -0.2) is 18.5 Å². The zero-order valence-electron chi connectivity index (χ0n) is 14.3. The molecule has 27 heavy (non-hydrogen) atoms. The number of carbonyl (C=O) groups excluding carboxylic acids is 1. The Morgan fingerprint density at radius 2 is 1.89 bits per heavy atom. The fourth-order valence-electron chi connectivity index (χ4n) is 3.13. The Morgan fingerprint density at radius 3 is 2.48 bits per heavy atom. The van der Waals surface area contributed by atoms with E-state index in [0.717, 1.165) is 23.4 Å². The minimum atomic E-state index is -4.39. The molecule has 0 radical (unpaired) electrons. The number of hydrogen-bond acceptors (Lipinski definition) is 3. The number of rotatable bonds is 3. The lowest BCUT2D eigenvalue weighted by atomic mass is 9.95. The van der Waals surface area contributed by atoms with E-state index in [2.05, 4.69) is 11.9 Å². The lowest BCUT2D eigenvalue weighted by Crippen LogP contribution is -2.46. The van der Waals surface area contributed by atoms with E-state index in [4.69, 9.17) is 5.73 Å². The van der Waals surface area contributed by atoms with Crippen molar-refractivity contribution in [1.82, 2.24) is 5.32 Å². The van der Waals surface area contributed by atoms with E-state index >= 15 is 0 Å². The smallest absolute Gasteiger partial charge is 0.398 e. The Kier molecular flexibility index (Phi) is 6.05. The second-order valence-electron chi connectivity index (χ2n) is 6.11. The van der Waals surface area contributed by atoms with Crippen LogP contribution < -0.4 is 16.0 Å². The molecule has 1 atom stereocenters. The van der Waals surface area contributed by atoms with Crippen LogP contribution in [0.3, 0.4) is 0 Å². The third-order valence-corrected chi connectivity index (χ3v) is 4.37. The highest BCUT2D eigenvalue weighted by Gasteiger charge is 2.31. The van der Waals surface area contributed by atoms with Crippen molar-refractivity contribution in [3.05, 3.63) is 66.2 Å². The number of alkyl halides is 3. The zero-order valence-corrected chi connectivity index (χ0v) is 15.1. The molecule has 2 aromatic carbocycles. The average Bonchev–Trinajstić information content (AvgIpc) is 2.61. The van der Waals surface area contributed by atoms with Gasteiger partial charge in [-0.25, -0.2) is 0 Å². The second-order valence-corrected chi connectivity index (χ2v) is 6.11. The van der Waals surface area contributed by atoms with Gasteiger partial charge in [0.05, 0.1) is 11.6 Å². The summed E-state index contributed by atoms with van der Waals surface area (Å²) in [5.74, 6) is -0.305. The summed E-state index contributed by atoms with van der Waals surface area (Å²) in [5.41, 5.74) is 8.24. The number of fused-ring (bicyclic) bond motifs is 1. The van der Waals surface area contributed by atoms with Gasteiger partial charge in [0.2, 0.25) is 5.91 Å². The fourth-order valence-corrected chi connectivity index (χ4v) is 3.13. The predicted octanol–water partition coefficient (Wildman–Crippen LogP) is 4.07. The van der Waals surface area contributed by atoms with Gasteiger partial charge in [-0.05, 0) is 48.9 Å². The molecule has 1 unspecified atom stereocenters. The Morgan fingerprint density at radius 1 is 1.22 bits per heavy atom. The van der Waals surface area contributed by atoms with Crippen LogP contribution in [0.1, 0.15) is 11.1 Å². The van der Waals surface area contributed by atoms with E-state index in [1.165, 1.54) is 18.2 Å². The van der Waals surface area contributed by atoms with Crippen LogP contribution in [0.5, 0.6) is 0 Å². The lowest BCUT2D eigenvalue weighted by molar-refractivity contribution is -0.137. The molecule has 0 spiro atoms. The standard InChI is InChI=1S/C19H18F3N3O.ClH/c1-2-18(26)24-13-10-15-16(23)4-3-5-17(15)25(11-13)14-8-6-12(7-9-14)19(20,21)22;/h2-9,13H,1,10-11,23H2,(H,24,26);1H. The average molecular weight is 398 g/mol. The highest BCUT2D eigenvalue weighted by molar-refractivity contribution is 5.87. The van der Waals surface area contributed by atoms with Crippen molar-refractivity contribution >= 4 is 35.4 Å². The second kappa shape index (κ2) is 7.92. The summed E-state index contributed by atoms with van der Waals surface area (Å²) < 4.78 is 38.4. The summed E-state index contributed by atoms with van der Waals surface area (Å²) in [6, 6.07) is 10.1. The van der Waals surface area contributed by atoms with E-state index in [9.17, 15) is 18.0 Å². The van der Waals surface area contributed by atoms with E-state index in [1.54, 1.807) is 12.1 Å². The first-order valence-corrected chi connectivity index (χ1v) is 8.04. The highest BCUT2D eigenvalue weighted by Crippen LogP contribution is 2.37. The Labute approximate surface area is 161 Å². The molecule has 2 aromatic rings. The number of amides is 1. The zero-order chi connectivity index (χ0) is 18.9. The number of nitrogens with two attached hydrogens (primary N) is 1. The van der Waals surface area contributed by atoms with E-state index in [0.29, 0.717) is 24.3 Å². The molecule has 3 rings (SSSR count). The summed E-state index contributed by atoms with van der Waals surface area (Å²) in [4.78, 5) is 13.5. The summed E-state index contributed by atoms with van der Waals surface area (Å²) in [5, 5.41) is 2.84. The monoisotopic (exact) mass is 397 g/mol. The van der Waals surface area contributed by atoms with Crippen molar-refractivity contribution in [3.63, 3.8) is 0 Å². The van der Waals surface area contributed by atoms with Crippen molar-refractivity contribution in [2.45, 2.75) is 18.6 Å². The molecule has 0 saturated heterocycles. The molecule has 0 aliphatic carbocycles. The molecule has 8 heteroatoms. The Hall–Kier alpha value is -2.67. The number of hydrogen-bond donors (Lipinski definition) is 2. The van der Waals surface area contributed by atoms with Gasteiger partial charge in [0.25, 0.3) is 0 Å². The number of nitrogen functional groups attached to an aromatic ring is 1. The Bertz CT molecular complexity index is 837. The van der Waals surface area contributed by atoms with Crippen molar-refractivity contribution < 1.29 is 18.0 Å². The molecule has 0 aromatic heterocycles. The van der Waals surface area contributed by atoms with Gasteiger partial charge in [-0.1, -0.05) is 12.6 Å².